The van der Waals surface area contributed by atoms with Crippen molar-refractivity contribution in [2.45, 2.75) is 161 Å². The van der Waals surface area contributed by atoms with E-state index < -0.39 is 71.1 Å². The van der Waals surface area contributed by atoms with E-state index in [0.29, 0.717) is 45.2 Å². The Morgan fingerprint density at radius 1 is 0.868 bits per heavy atom. The number of thiazole rings is 1. The highest BCUT2D eigenvalue weighted by Gasteiger charge is 2.46. The molecular weight excluding hydrogens is 893 g/mol. The number of nitrogens with zero attached hydrogens (tertiary/aromatic N) is 4. The van der Waals surface area contributed by atoms with Crippen molar-refractivity contribution >= 4 is 64.4 Å². The SMILES string of the molecule is CC(=O)N1CC[C@H]2CC[C@@H](C(=O)N[C@@H](CCC(N)=O)C(=O)NCCCCCCCCC(=O)NC(C(=O)N3CC(=O)C[C@H]3C(=O)NCc3ccc(-c4scnc4C)cc3)C(C)(C)C)N2C(=O)[C@@H](N)C1. The first-order chi connectivity index (χ1) is 32.2. The standard InChI is InChI=1S/C48H70N10O9S/c1-29-41(68-28-53-29)32-15-13-31(14-16-32)25-52-44(64)38-24-34(60)26-57(38)47(67)42(48(3,4)5)55-40(62)12-10-8-6-7-9-11-22-51-43(63)36(18-20-39(50)61)54-45(65)37-19-17-33-21-23-56(30(2)59)27-35(49)46(66)58(33)37/h13-16,28,33,35-38,42H,6-12,17-27,49H2,1-5H3,(H2,50,61)(H,51,63)(H,52,64)(H,54,65)(H,55,62)/t33-,35+,36+,37+,38+,42?/m1/s1. The molecule has 8 N–H and O–H groups in total. The van der Waals surface area contributed by atoms with E-state index in [1.165, 1.54) is 16.7 Å². The molecule has 1 unspecified atom stereocenters. The molecule has 0 spiro atoms. The Labute approximate surface area is 402 Å². The number of benzene rings is 1. The van der Waals surface area contributed by atoms with E-state index in [-0.39, 0.29) is 69.0 Å². The number of carbonyl (C=O) groups excluding carboxylic acids is 9. The van der Waals surface area contributed by atoms with Gasteiger partial charge in [-0.2, -0.15) is 0 Å². The van der Waals surface area contributed by atoms with Crippen molar-refractivity contribution in [3.63, 3.8) is 0 Å². The maximum atomic E-state index is 14.0. The van der Waals surface area contributed by atoms with Gasteiger partial charge in [0.2, 0.25) is 47.3 Å². The molecule has 3 aliphatic heterocycles. The maximum Gasteiger partial charge on any atom is 0.246 e. The Hall–Kier alpha value is -5.76. The minimum absolute atomic E-state index is 0.0104. The Morgan fingerprint density at radius 3 is 2.21 bits per heavy atom. The quantitative estimate of drug-likeness (QED) is 0.0985. The number of unbranched alkanes of at least 4 members (excludes halogenated alkanes) is 5. The van der Waals surface area contributed by atoms with Crippen LogP contribution in [0, 0.1) is 12.3 Å². The van der Waals surface area contributed by atoms with E-state index in [0.717, 1.165) is 47.4 Å². The first-order valence-electron chi connectivity index (χ1n) is 23.8. The van der Waals surface area contributed by atoms with Crippen molar-refractivity contribution in [3.8, 4) is 10.4 Å². The third kappa shape index (κ3) is 14.6. The Kier molecular flexibility index (Phi) is 19.2. The maximum absolute atomic E-state index is 14.0. The molecule has 8 amide bonds. The van der Waals surface area contributed by atoms with Crippen LogP contribution in [0.25, 0.3) is 10.4 Å². The number of hydrogen-bond acceptors (Lipinski definition) is 12. The second-order valence-corrected chi connectivity index (χ2v) is 20.2. The summed E-state index contributed by atoms with van der Waals surface area (Å²) in [4.78, 5) is 127. The zero-order valence-electron chi connectivity index (χ0n) is 40.1. The number of nitrogens with one attached hydrogen (secondary N) is 4. The van der Waals surface area contributed by atoms with Gasteiger partial charge in [0.25, 0.3) is 0 Å². The molecule has 4 heterocycles. The molecule has 68 heavy (non-hydrogen) atoms. The number of Topliss-reactive ketones (excluding diaryl/α,β-unsaturated/α-hetero) is 1. The molecular formula is C48H70N10O9S. The number of fused-ring (bicyclic) bond motifs is 1. The lowest BCUT2D eigenvalue weighted by molar-refractivity contribution is -0.144. The van der Waals surface area contributed by atoms with Crippen molar-refractivity contribution in [2.24, 2.45) is 16.9 Å². The lowest BCUT2D eigenvalue weighted by Gasteiger charge is -2.37. The van der Waals surface area contributed by atoms with E-state index >= 15 is 0 Å². The summed E-state index contributed by atoms with van der Waals surface area (Å²) < 4.78 is 0. The zero-order valence-corrected chi connectivity index (χ0v) is 40.9. The Bertz CT molecular complexity index is 2160. The van der Waals surface area contributed by atoms with Crippen LogP contribution in [0.15, 0.2) is 29.8 Å². The molecule has 0 saturated carbocycles. The van der Waals surface area contributed by atoms with Gasteiger partial charge in [-0.3, -0.25) is 43.2 Å². The first-order valence-corrected chi connectivity index (χ1v) is 24.7. The lowest BCUT2D eigenvalue weighted by atomic mass is 9.85. The van der Waals surface area contributed by atoms with Crippen molar-refractivity contribution in [3.05, 3.63) is 41.0 Å². The van der Waals surface area contributed by atoms with Gasteiger partial charge in [0.15, 0.2) is 5.78 Å². The number of nitrogens with two attached hydrogens (primary N) is 2. The summed E-state index contributed by atoms with van der Waals surface area (Å²) in [6.07, 6.45) is 5.83. The summed E-state index contributed by atoms with van der Waals surface area (Å²) in [6.45, 7) is 9.67. The molecule has 20 heteroatoms. The predicted molar refractivity (Wildman–Crippen MR) is 255 cm³/mol. The monoisotopic (exact) mass is 963 g/mol. The van der Waals surface area contributed by atoms with Crippen molar-refractivity contribution in [2.75, 3.05) is 26.2 Å². The van der Waals surface area contributed by atoms with Gasteiger partial charge < -0.3 is 47.4 Å². The van der Waals surface area contributed by atoms with E-state index in [9.17, 15) is 43.2 Å². The number of carbonyl (C=O) groups is 9. The van der Waals surface area contributed by atoms with E-state index in [1.54, 1.807) is 21.7 Å². The molecule has 1 aromatic carbocycles. The van der Waals surface area contributed by atoms with Crippen LogP contribution in [0.2, 0.25) is 0 Å². The largest absolute Gasteiger partial charge is 0.370 e. The predicted octanol–water partition coefficient (Wildman–Crippen LogP) is 1.97. The summed E-state index contributed by atoms with van der Waals surface area (Å²) >= 11 is 1.56. The molecule has 0 bridgehead atoms. The molecule has 0 radical (unpaired) electrons. The van der Waals surface area contributed by atoms with Gasteiger partial charge in [0.1, 0.15) is 30.2 Å². The third-order valence-electron chi connectivity index (χ3n) is 13.0. The molecule has 2 aromatic rings. The van der Waals surface area contributed by atoms with Crippen LogP contribution in [0.4, 0.5) is 0 Å². The summed E-state index contributed by atoms with van der Waals surface area (Å²) in [5.41, 5.74) is 15.5. The van der Waals surface area contributed by atoms with Gasteiger partial charge in [-0.05, 0) is 62.0 Å². The minimum Gasteiger partial charge on any atom is -0.370 e. The summed E-state index contributed by atoms with van der Waals surface area (Å²) in [6, 6.07) is 2.70. The number of amides is 8. The number of hydrogen-bond donors (Lipinski definition) is 6. The topological polar surface area (TPSA) is 276 Å². The fraction of sp³-hybridized carbons (Fsp3) is 0.625. The summed E-state index contributed by atoms with van der Waals surface area (Å²) in [5.74, 6) is -3.62. The van der Waals surface area contributed by atoms with Crippen LogP contribution in [-0.4, -0.2) is 135 Å². The smallest absolute Gasteiger partial charge is 0.246 e. The van der Waals surface area contributed by atoms with Gasteiger partial charge in [-0.25, -0.2) is 4.98 Å². The van der Waals surface area contributed by atoms with E-state index in [4.69, 9.17) is 11.5 Å². The van der Waals surface area contributed by atoms with Crippen molar-refractivity contribution in [1.29, 1.82) is 0 Å². The number of aromatic nitrogens is 1. The van der Waals surface area contributed by atoms with Crippen LogP contribution in [0.1, 0.15) is 122 Å². The van der Waals surface area contributed by atoms with Crippen LogP contribution in [-0.2, 0) is 49.7 Å². The van der Waals surface area contributed by atoms with Gasteiger partial charge in [0.05, 0.1) is 22.6 Å². The molecule has 3 aliphatic rings. The molecule has 5 rings (SSSR count). The average molecular weight is 963 g/mol. The summed E-state index contributed by atoms with van der Waals surface area (Å²) in [5, 5.41) is 11.4. The fourth-order valence-electron chi connectivity index (χ4n) is 9.09. The van der Waals surface area contributed by atoms with Gasteiger partial charge in [-0.1, -0.05) is 70.7 Å². The second-order valence-electron chi connectivity index (χ2n) is 19.4. The molecule has 6 atom stereocenters. The zero-order chi connectivity index (χ0) is 49.7. The highest BCUT2D eigenvalue weighted by molar-refractivity contribution is 7.13. The van der Waals surface area contributed by atoms with Crippen LogP contribution in [0.5, 0.6) is 0 Å². The number of likely N-dealkylation sites (tertiary alicyclic amines) is 1. The number of aryl methyl sites for hydroxylation is 1. The Balaban J connectivity index is 1.01. The fourth-order valence-corrected chi connectivity index (χ4v) is 9.90. The lowest BCUT2D eigenvalue weighted by Crippen LogP contribution is -2.60. The molecule has 0 aliphatic carbocycles. The normalized spacial score (nSPS) is 20.5. The van der Waals surface area contributed by atoms with Crippen LogP contribution in [0.3, 0.4) is 0 Å². The number of primary amides is 1. The van der Waals surface area contributed by atoms with Gasteiger partial charge >= 0.3 is 0 Å². The highest BCUT2D eigenvalue weighted by Crippen LogP contribution is 2.30. The molecule has 3 saturated heterocycles. The van der Waals surface area contributed by atoms with Crippen LogP contribution < -0.4 is 32.7 Å². The molecule has 1 aromatic heterocycles. The first kappa shape index (κ1) is 53.2. The van der Waals surface area contributed by atoms with E-state index in [1.807, 2.05) is 52.0 Å². The number of rotatable bonds is 21. The molecule has 3 fully saturated rings. The molecule has 19 nitrogen and oxygen atoms in total. The average Bonchev–Trinajstić information content (AvgIpc) is 4.03. The van der Waals surface area contributed by atoms with Gasteiger partial charge in [-0.15, -0.1) is 11.3 Å². The number of ketones is 1. The van der Waals surface area contributed by atoms with Crippen molar-refractivity contribution < 1.29 is 43.2 Å². The highest BCUT2D eigenvalue weighted by atomic mass is 32.1. The van der Waals surface area contributed by atoms with Crippen LogP contribution >= 0.6 is 11.3 Å². The summed E-state index contributed by atoms with van der Waals surface area (Å²) in [7, 11) is 0. The third-order valence-corrected chi connectivity index (χ3v) is 14.0. The second kappa shape index (κ2) is 24.5. The van der Waals surface area contributed by atoms with Gasteiger partial charge in [0, 0.05) is 58.4 Å². The van der Waals surface area contributed by atoms with Crippen molar-refractivity contribution in [1.82, 2.24) is 41.0 Å². The molecule has 372 valence electrons. The minimum atomic E-state index is -1.04. The van der Waals surface area contributed by atoms with E-state index in [2.05, 4.69) is 26.3 Å². The Morgan fingerprint density at radius 2 is 1.56 bits per heavy atom.